The lowest BCUT2D eigenvalue weighted by molar-refractivity contribution is -0.134. The smallest absolute Gasteiger partial charge is 0.240 e. The monoisotopic (exact) mass is 285 g/mol. The number of nitrogens with zero attached hydrogens (tertiary/aromatic N) is 2. The first-order valence-electron chi connectivity index (χ1n) is 7.57. The molecule has 1 aliphatic heterocycles. The summed E-state index contributed by atoms with van der Waals surface area (Å²) in [7, 11) is 0. The molecule has 112 valence electrons. The molecule has 2 rings (SSSR count). The summed E-state index contributed by atoms with van der Waals surface area (Å²) in [6.07, 6.45) is 1.12. The molecule has 21 heavy (non-hydrogen) atoms. The van der Waals surface area contributed by atoms with Crippen LogP contribution in [0.3, 0.4) is 0 Å². The van der Waals surface area contributed by atoms with Crippen LogP contribution in [0.2, 0.25) is 0 Å². The molecule has 4 nitrogen and oxygen atoms in total. The second-order valence-electron chi connectivity index (χ2n) is 5.99. The molecule has 1 atom stereocenters. The quantitative estimate of drug-likeness (QED) is 0.901. The van der Waals surface area contributed by atoms with Gasteiger partial charge in [-0.3, -0.25) is 4.79 Å². The number of hydrogen-bond donors (Lipinski definition) is 1. The minimum atomic E-state index is -0.169. The van der Waals surface area contributed by atoms with E-state index in [0.29, 0.717) is 25.4 Å². The average molecular weight is 285 g/mol. The fourth-order valence-corrected chi connectivity index (χ4v) is 2.77. The van der Waals surface area contributed by atoms with Crippen molar-refractivity contribution in [2.24, 2.45) is 5.92 Å². The lowest BCUT2D eigenvalue weighted by Gasteiger charge is -2.31. The van der Waals surface area contributed by atoms with Gasteiger partial charge in [0.15, 0.2) is 0 Å². The summed E-state index contributed by atoms with van der Waals surface area (Å²) in [5.74, 6) is 0.525. The van der Waals surface area contributed by atoms with Crippen molar-refractivity contribution < 1.29 is 4.79 Å². The zero-order valence-corrected chi connectivity index (χ0v) is 12.8. The molecule has 0 spiro atoms. The van der Waals surface area contributed by atoms with E-state index < -0.39 is 0 Å². The van der Waals surface area contributed by atoms with Crippen LogP contribution in [0.5, 0.6) is 0 Å². The van der Waals surface area contributed by atoms with Gasteiger partial charge in [-0.25, -0.2) is 0 Å². The highest BCUT2D eigenvalue weighted by Crippen LogP contribution is 2.18. The van der Waals surface area contributed by atoms with Gasteiger partial charge in [-0.2, -0.15) is 5.26 Å². The van der Waals surface area contributed by atoms with Gasteiger partial charge in [-0.05, 0) is 23.5 Å². The molecule has 0 fully saturated rings. The van der Waals surface area contributed by atoms with Gasteiger partial charge >= 0.3 is 0 Å². The fraction of sp³-hybridized carbons (Fsp3) is 0.529. The number of rotatable bonds is 5. The zero-order chi connectivity index (χ0) is 15.2. The Morgan fingerprint density at radius 2 is 2.14 bits per heavy atom. The largest absolute Gasteiger partial charge is 0.340 e. The topological polar surface area (TPSA) is 56.1 Å². The van der Waals surface area contributed by atoms with Crippen LogP contribution in [0.4, 0.5) is 0 Å². The SMILES string of the molecule is CC(C)CN(CCC#N)C(=O)C1Cc2ccccc2CN1. The van der Waals surface area contributed by atoms with E-state index in [-0.39, 0.29) is 11.9 Å². The minimum Gasteiger partial charge on any atom is -0.340 e. The lowest BCUT2D eigenvalue weighted by Crippen LogP contribution is -2.50. The third kappa shape index (κ3) is 4.05. The van der Waals surface area contributed by atoms with Gasteiger partial charge < -0.3 is 10.2 Å². The summed E-state index contributed by atoms with van der Waals surface area (Å²) in [5.41, 5.74) is 2.52. The Morgan fingerprint density at radius 3 is 2.81 bits per heavy atom. The van der Waals surface area contributed by atoms with Crippen LogP contribution < -0.4 is 5.32 Å². The van der Waals surface area contributed by atoms with Crippen molar-refractivity contribution in [3.63, 3.8) is 0 Å². The number of hydrogen-bond acceptors (Lipinski definition) is 3. The maximum absolute atomic E-state index is 12.7. The highest BCUT2D eigenvalue weighted by atomic mass is 16.2. The van der Waals surface area contributed by atoms with E-state index >= 15 is 0 Å². The standard InChI is InChI=1S/C17H23N3O/c1-13(2)12-20(9-5-8-18)17(21)16-10-14-6-3-4-7-15(14)11-19-16/h3-4,6-7,13,16,19H,5,9-12H2,1-2H3. The van der Waals surface area contributed by atoms with Crippen LogP contribution >= 0.6 is 0 Å². The maximum Gasteiger partial charge on any atom is 0.240 e. The van der Waals surface area contributed by atoms with E-state index in [1.54, 1.807) is 0 Å². The lowest BCUT2D eigenvalue weighted by atomic mass is 9.95. The zero-order valence-electron chi connectivity index (χ0n) is 12.8. The number of fused-ring (bicyclic) bond motifs is 1. The Labute approximate surface area is 126 Å². The number of carbonyl (C=O) groups is 1. The highest BCUT2D eigenvalue weighted by molar-refractivity contribution is 5.82. The van der Waals surface area contributed by atoms with Gasteiger partial charge in [0.05, 0.1) is 18.5 Å². The summed E-state index contributed by atoms with van der Waals surface area (Å²) in [4.78, 5) is 14.5. The van der Waals surface area contributed by atoms with E-state index in [1.807, 2.05) is 17.0 Å². The molecular weight excluding hydrogens is 262 g/mol. The minimum absolute atomic E-state index is 0.119. The summed E-state index contributed by atoms with van der Waals surface area (Å²) >= 11 is 0. The normalized spacial score (nSPS) is 17.1. The molecule has 0 radical (unpaired) electrons. The molecular formula is C17H23N3O. The van der Waals surface area contributed by atoms with Crippen molar-refractivity contribution >= 4 is 5.91 Å². The first-order chi connectivity index (χ1) is 10.1. The van der Waals surface area contributed by atoms with Crippen LogP contribution in [0.1, 0.15) is 31.4 Å². The van der Waals surface area contributed by atoms with E-state index in [1.165, 1.54) is 11.1 Å². The van der Waals surface area contributed by atoms with Gasteiger partial charge in [0.2, 0.25) is 5.91 Å². The number of nitriles is 1. The molecule has 1 heterocycles. The second-order valence-corrected chi connectivity index (χ2v) is 5.99. The van der Waals surface area contributed by atoms with Gasteiger partial charge in [-0.1, -0.05) is 38.1 Å². The van der Waals surface area contributed by atoms with E-state index in [4.69, 9.17) is 5.26 Å². The van der Waals surface area contributed by atoms with Gasteiger partial charge in [-0.15, -0.1) is 0 Å². The van der Waals surface area contributed by atoms with Crippen LogP contribution in [-0.2, 0) is 17.8 Å². The maximum atomic E-state index is 12.7. The Kier molecular flexibility index (Phi) is 5.35. The van der Waals surface area contributed by atoms with Crippen LogP contribution in [0, 0.1) is 17.2 Å². The first kappa shape index (κ1) is 15.5. The van der Waals surface area contributed by atoms with E-state index in [0.717, 1.165) is 13.0 Å². The number of nitrogens with one attached hydrogen (secondary N) is 1. The molecule has 1 N–H and O–H groups in total. The summed E-state index contributed by atoms with van der Waals surface area (Å²) in [5, 5.41) is 12.1. The van der Waals surface area contributed by atoms with E-state index in [2.05, 4.69) is 37.4 Å². The first-order valence-corrected chi connectivity index (χ1v) is 7.57. The Bertz CT molecular complexity index is 533. The Morgan fingerprint density at radius 1 is 1.43 bits per heavy atom. The van der Waals surface area contributed by atoms with Crippen molar-refractivity contribution in [3.8, 4) is 6.07 Å². The summed E-state index contributed by atoms with van der Waals surface area (Å²) in [6, 6.07) is 10.2. The van der Waals surface area contributed by atoms with Gasteiger partial charge in [0.25, 0.3) is 0 Å². The van der Waals surface area contributed by atoms with Crippen molar-refractivity contribution in [1.82, 2.24) is 10.2 Å². The predicted octanol–water partition coefficient (Wildman–Crippen LogP) is 2.10. The van der Waals surface area contributed by atoms with Crippen molar-refractivity contribution in [2.75, 3.05) is 13.1 Å². The van der Waals surface area contributed by atoms with Crippen LogP contribution in [-0.4, -0.2) is 29.9 Å². The molecule has 0 aromatic heterocycles. The Hall–Kier alpha value is -1.86. The molecule has 0 bridgehead atoms. The fourth-order valence-electron chi connectivity index (χ4n) is 2.77. The predicted molar refractivity (Wildman–Crippen MR) is 82.4 cm³/mol. The molecule has 0 saturated carbocycles. The van der Waals surface area contributed by atoms with Gasteiger partial charge in [0.1, 0.15) is 0 Å². The van der Waals surface area contributed by atoms with E-state index in [9.17, 15) is 4.79 Å². The molecule has 4 heteroatoms. The molecule has 1 unspecified atom stereocenters. The summed E-state index contributed by atoms with van der Waals surface area (Å²) < 4.78 is 0. The third-order valence-electron chi connectivity index (χ3n) is 3.77. The summed E-state index contributed by atoms with van der Waals surface area (Å²) in [6.45, 7) is 6.15. The molecule has 1 amide bonds. The Balaban J connectivity index is 2.06. The van der Waals surface area contributed by atoms with Crippen LogP contribution in [0.25, 0.3) is 0 Å². The average Bonchev–Trinajstić information content (AvgIpc) is 2.50. The molecule has 1 aliphatic rings. The molecule has 1 aromatic rings. The van der Waals surface area contributed by atoms with Crippen molar-refractivity contribution in [1.29, 1.82) is 5.26 Å². The van der Waals surface area contributed by atoms with Gasteiger partial charge in [0, 0.05) is 19.6 Å². The third-order valence-corrected chi connectivity index (χ3v) is 3.77. The number of amides is 1. The molecule has 0 aliphatic carbocycles. The second kappa shape index (κ2) is 7.24. The number of carbonyl (C=O) groups excluding carboxylic acids is 1. The highest BCUT2D eigenvalue weighted by Gasteiger charge is 2.27. The number of benzene rings is 1. The van der Waals surface area contributed by atoms with Crippen LogP contribution in [0.15, 0.2) is 24.3 Å². The molecule has 1 aromatic carbocycles. The van der Waals surface area contributed by atoms with Crippen molar-refractivity contribution in [3.05, 3.63) is 35.4 Å². The van der Waals surface area contributed by atoms with Crippen molar-refractivity contribution in [2.45, 2.75) is 39.3 Å². The molecule has 0 saturated heterocycles.